The Morgan fingerprint density at radius 1 is 0.895 bits per heavy atom. The van der Waals surface area contributed by atoms with E-state index in [0.717, 1.165) is 0 Å². The first-order valence-electron chi connectivity index (χ1n) is 4.93. The van der Waals surface area contributed by atoms with E-state index in [0.29, 0.717) is 0 Å². The predicted octanol–water partition coefficient (Wildman–Crippen LogP) is 2.82. The van der Waals surface area contributed by atoms with Gasteiger partial charge < -0.3 is 0 Å². The van der Waals surface area contributed by atoms with Gasteiger partial charge in [0, 0.05) is 0 Å². The van der Waals surface area contributed by atoms with Crippen LogP contribution in [-0.4, -0.2) is 36.2 Å². The Hall–Kier alpha value is 0.580. The van der Waals surface area contributed by atoms with Crippen molar-refractivity contribution in [2.75, 3.05) is 0 Å². The molecule has 0 aromatic carbocycles. The van der Waals surface area contributed by atoms with Crippen molar-refractivity contribution < 1.29 is 14.8 Å². The molecule has 3 aliphatic rings. The van der Waals surface area contributed by atoms with Crippen molar-refractivity contribution in [2.24, 2.45) is 11.8 Å². The van der Waals surface area contributed by atoms with Gasteiger partial charge in [-0.05, 0) is 0 Å². The molecule has 3 rings (SSSR count). The largest absolute Gasteiger partial charge is 0.278 e. The van der Waals surface area contributed by atoms with E-state index in [4.69, 9.17) is 69.6 Å². The Morgan fingerprint density at radius 2 is 1.21 bits per heavy atom. The van der Waals surface area contributed by atoms with Gasteiger partial charge in [-0.25, -0.2) is 0 Å². The lowest BCUT2D eigenvalue weighted by Crippen LogP contribution is -2.49. The fourth-order valence-electron chi connectivity index (χ4n) is 2.98. The molecular weight excluding hydrogens is 383 g/mol. The molecule has 0 aromatic heterocycles. The van der Waals surface area contributed by atoms with Crippen LogP contribution in [-0.2, 0) is 9.59 Å². The predicted molar refractivity (Wildman–Crippen MR) is 71.0 cm³/mol. The molecule has 1 N–H and O–H groups in total. The van der Waals surface area contributed by atoms with Gasteiger partial charge in [-0.3, -0.25) is 14.8 Å². The number of hydroxylamine groups is 2. The maximum Gasteiger partial charge on any atom is 0.259 e. The molecule has 104 valence electrons. The van der Waals surface area contributed by atoms with Crippen molar-refractivity contribution in [1.29, 1.82) is 0 Å². The van der Waals surface area contributed by atoms with Crippen LogP contribution in [0.1, 0.15) is 0 Å². The molecule has 2 amide bonds. The molecule has 2 bridgehead atoms. The van der Waals surface area contributed by atoms with Crippen LogP contribution < -0.4 is 0 Å². The highest BCUT2D eigenvalue weighted by atomic mass is 35.5. The molecule has 19 heavy (non-hydrogen) atoms. The van der Waals surface area contributed by atoms with E-state index in [1.165, 1.54) is 0 Å². The molecule has 4 atom stereocenters. The topological polar surface area (TPSA) is 57.6 Å². The summed E-state index contributed by atoms with van der Waals surface area (Å²) in [5.74, 6) is -4.45. The number of halogens is 6. The number of carbonyl (C=O) groups is 2. The number of carbonyl (C=O) groups excluding carboxylic acids is 2. The first-order chi connectivity index (χ1) is 8.54. The number of allylic oxidation sites excluding steroid dienone is 2. The summed E-state index contributed by atoms with van der Waals surface area (Å²) in [5, 5.41) is 9.01. The molecular formula is C9H3Cl6NO3. The fraction of sp³-hybridized carbons (Fsp3) is 0.556. The number of alkyl halides is 4. The molecule has 1 saturated heterocycles. The normalized spacial score (nSPS) is 47.4. The van der Waals surface area contributed by atoms with Crippen LogP contribution in [0.2, 0.25) is 0 Å². The SMILES string of the molecule is O=C1[C@@H]2[C@@H](C(=O)N1O)[C@@]1(Cl)C(Cl)=C(Cl)[C@@]2(Cl)C1(Cl)Cl. The fourth-order valence-corrected chi connectivity index (χ4v) is 5.91. The van der Waals surface area contributed by atoms with Gasteiger partial charge in [-0.1, -0.05) is 46.4 Å². The van der Waals surface area contributed by atoms with Crippen LogP contribution in [0, 0.1) is 11.8 Å². The minimum absolute atomic E-state index is 0.0493. The lowest BCUT2D eigenvalue weighted by Gasteiger charge is -2.33. The summed E-state index contributed by atoms with van der Waals surface area (Å²) in [4.78, 5) is 20.2. The Balaban J connectivity index is 2.36. The van der Waals surface area contributed by atoms with Crippen LogP contribution in [0.5, 0.6) is 0 Å². The molecule has 1 aliphatic heterocycles. The van der Waals surface area contributed by atoms with Crippen LogP contribution in [0.15, 0.2) is 10.1 Å². The Labute approximate surface area is 137 Å². The number of nitrogens with zero attached hydrogens (tertiary/aromatic N) is 1. The van der Waals surface area contributed by atoms with Gasteiger partial charge in [0.2, 0.25) is 0 Å². The summed E-state index contributed by atoms with van der Waals surface area (Å²) >= 11 is 37.0. The zero-order valence-corrected chi connectivity index (χ0v) is 13.2. The van der Waals surface area contributed by atoms with E-state index in [2.05, 4.69) is 0 Å². The van der Waals surface area contributed by atoms with Crippen molar-refractivity contribution in [1.82, 2.24) is 5.06 Å². The molecule has 0 unspecified atom stereocenters. The number of hydrogen-bond donors (Lipinski definition) is 1. The van der Waals surface area contributed by atoms with E-state index in [1.54, 1.807) is 0 Å². The highest BCUT2D eigenvalue weighted by Gasteiger charge is 2.87. The van der Waals surface area contributed by atoms with Gasteiger partial charge in [0.15, 0.2) is 4.33 Å². The molecule has 4 nitrogen and oxygen atoms in total. The molecule has 0 aromatic rings. The minimum atomic E-state index is -1.96. The highest BCUT2D eigenvalue weighted by molar-refractivity contribution is 6.66. The van der Waals surface area contributed by atoms with Crippen LogP contribution in [0.25, 0.3) is 0 Å². The van der Waals surface area contributed by atoms with Crippen molar-refractivity contribution in [3.05, 3.63) is 10.1 Å². The molecule has 2 fully saturated rings. The van der Waals surface area contributed by atoms with Gasteiger partial charge in [0.25, 0.3) is 11.8 Å². The van der Waals surface area contributed by atoms with Crippen LogP contribution >= 0.6 is 69.6 Å². The van der Waals surface area contributed by atoms with E-state index in [-0.39, 0.29) is 15.1 Å². The third-order valence-corrected chi connectivity index (χ3v) is 8.14. The molecule has 10 heteroatoms. The Morgan fingerprint density at radius 3 is 1.53 bits per heavy atom. The van der Waals surface area contributed by atoms with Crippen molar-refractivity contribution in [3.63, 3.8) is 0 Å². The quantitative estimate of drug-likeness (QED) is 0.396. The number of amides is 2. The van der Waals surface area contributed by atoms with Gasteiger partial charge in [0.05, 0.1) is 21.9 Å². The molecule has 0 radical (unpaired) electrons. The standard InChI is InChI=1S/C9H3Cl6NO3/c10-3-4(11)8(13)2-1(5(17)16(19)6(2)18)7(3,12)9(8,14)15/h1-2,19H/t1-,2-,7+,8+/m0/s1. The molecule has 1 saturated carbocycles. The lowest BCUT2D eigenvalue weighted by atomic mass is 9.84. The van der Waals surface area contributed by atoms with Crippen molar-refractivity contribution in [2.45, 2.75) is 14.1 Å². The molecule has 0 spiro atoms. The minimum Gasteiger partial charge on any atom is -0.278 e. The van der Waals surface area contributed by atoms with Gasteiger partial charge >= 0.3 is 0 Å². The van der Waals surface area contributed by atoms with E-state index in [1.807, 2.05) is 0 Å². The summed E-state index contributed by atoms with van der Waals surface area (Å²) in [6.45, 7) is 0. The van der Waals surface area contributed by atoms with Gasteiger partial charge in [-0.2, -0.15) is 5.06 Å². The zero-order valence-electron chi connectivity index (χ0n) is 8.63. The number of fused-ring (bicyclic) bond motifs is 5. The second-order valence-corrected chi connectivity index (χ2v) is 7.85. The molecule has 1 heterocycles. The summed E-state index contributed by atoms with van der Waals surface area (Å²) < 4.78 is -1.96. The van der Waals surface area contributed by atoms with E-state index >= 15 is 0 Å². The van der Waals surface area contributed by atoms with Crippen LogP contribution in [0.3, 0.4) is 0 Å². The number of rotatable bonds is 0. The first kappa shape index (κ1) is 14.5. The second kappa shape index (κ2) is 3.67. The van der Waals surface area contributed by atoms with Crippen molar-refractivity contribution in [3.8, 4) is 0 Å². The van der Waals surface area contributed by atoms with E-state index < -0.39 is 37.7 Å². The summed E-state index contributed by atoms with van der Waals surface area (Å²) in [7, 11) is 0. The number of hydrogen-bond acceptors (Lipinski definition) is 3. The average Bonchev–Trinajstić information content (AvgIpc) is 2.69. The summed E-state index contributed by atoms with van der Waals surface area (Å²) in [6.07, 6.45) is 0. The van der Waals surface area contributed by atoms with E-state index in [9.17, 15) is 14.8 Å². The lowest BCUT2D eigenvalue weighted by molar-refractivity contribution is -0.173. The Kier molecular flexibility index (Phi) is 2.80. The summed E-state index contributed by atoms with van der Waals surface area (Å²) in [5.41, 5.74) is 0. The smallest absolute Gasteiger partial charge is 0.259 e. The van der Waals surface area contributed by atoms with Gasteiger partial charge in [-0.15, -0.1) is 23.2 Å². The highest BCUT2D eigenvalue weighted by Crippen LogP contribution is 2.77. The molecule has 2 aliphatic carbocycles. The number of imide groups is 1. The average molecular weight is 386 g/mol. The third kappa shape index (κ3) is 1.15. The van der Waals surface area contributed by atoms with Gasteiger partial charge in [0.1, 0.15) is 9.75 Å². The van der Waals surface area contributed by atoms with Crippen LogP contribution in [0.4, 0.5) is 0 Å². The third-order valence-electron chi connectivity index (χ3n) is 3.89. The maximum atomic E-state index is 11.9. The monoisotopic (exact) mass is 383 g/mol. The summed E-state index contributed by atoms with van der Waals surface area (Å²) in [6, 6.07) is 0. The second-order valence-electron chi connectivity index (χ2n) is 4.57. The Bertz CT molecular complexity index is 530. The maximum absolute atomic E-state index is 11.9. The zero-order chi connectivity index (χ0) is 14.5. The first-order valence-corrected chi connectivity index (χ1v) is 7.20. The van der Waals surface area contributed by atoms with Crippen molar-refractivity contribution >= 4 is 81.4 Å².